The highest BCUT2D eigenvalue weighted by atomic mass is 79.9. The summed E-state index contributed by atoms with van der Waals surface area (Å²) < 4.78 is 27.5. The van der Waals surface area contributed by atoms with Crippen LogP contribution in [0.3, 0.4) is 0 Å². The number of thiazole rings is 1. The highest BCUT2D eigenvalue weighted by Crippen LogP contribution is 2.24. The van der Waals surface area contributed by atoms with E-state index in [1.807, 2.05) is 0 Å². The van der Waals surface area contributed by atoms with Crippen molar-refractivity contribution in [2.75, 3.05) is 0 Å². The number of hydrogen-bond acceptors (Lipinski definition) is 4. The van der Waals surface area contributed by atoms with Gasteiger partial charge >= 0.3 is 0 Å². The molecule has 0 amide bonds. The molecule has 0 saturated heterocycles. The molecule has 2 aromatic rings. The molecule has 0 aliphatic heterocycles. The molecule has 3 nitrogen and oxygen atoms in total. The highest BCUT2D eigenvalue weighted by molar-refractivity contribution is 9.10. The molecule has 1 aromatic heterocycles. The van der Waals surface area contributed by atoms with Gasteiger partial charge in [0.15, 0.2) is 5.78 Å². The second-order valence-corrected chi connectivity index (χ2v) is 6.03. The first-order chi connectivity index (χ1) is 9.40. The SMILES string of the molecule is CC(N)c1nc(C(=O)Cc2c(F)ccc(Br)c2F)cs1. The number of benzene rings is 1. The Morgan fingerprint density at radius 1 is 1.50 bits per heavy atom. The summed E-state index contributed by atoms with van der Waals surface area (Å²) in [6.45, 7) is 1.75. The maximum Gasteiger partial charge on any atom is 0.186 e. The van der Waals surface area contributed by atoms with E-state index in [4.69, 9.17) is 5.73 Å². The molecule has 0 fully saturated rings. The molecule has 106 valence electrons. The van der Waals surface area contributed by atoms with Gasteiger partial charge in [0.1, 0.15) is 22.3 Å². The summed E-state index contributed by atoms with van der Waals surface area (Å²) in [6.07, 6.45) is -0.376. The van der Waals surface area contributed by atoms with Crippen molar-refractivity contribution in [3.8, 4) is 0 Å². The van der Waals surface area contributed by atoms with Crippen molar-refractivity contribution in [2.24, 2.45) is 5.73 Å². The van der Waals surface area contributed by atoms with E-state index in [2.05, 4.69) is 20.9 Å². The van der Waals surface area contributed by atoms with Crippen molar-refractivity contribution in [2.45, 2.75) is 19.4 Å². The molecule has 1 aromatic carbocycles. The van der Waals surface area contributed by atoms with Gasteiger partial charge in [0.2, 0.25) is 0 Å². The number of hydrogen-bond donors (Lipinski definition) is 1. The molecule has 20 heavy (non-hydrogen) atoms. The Kier molecular flexibility index (Phi) is 4.62. The maximum absolute atomic E-state index is 13.8. The van der Waals surface area contributed by atoms with E-state index in [-0.39, 0.29) is 28.2 Å². The molecule has 0 aliphatic carbocycles. The van der Waals surface area contributed by atoms with Crippen LogP contribution in [-0.2, 0) is 6.42 Å². The fourth-order valence-electron chi connectivity index (χ4n) is 1.61. The maximum atomic E-state index is 13.8. The van der Waals surface area contributed by atoms with Crippen molar-refractivity contribution in [3.63, 3.8) is 0 Å². The van der Waals surface area contributed by atoms with Crippen LogP contribution in [0, 0.1) is 11.6 Å². The summed E-state index contributed by atoms with van der Waals surface area (Å²) in [6, 6.07) is 2.10. The number of aromatic nitrogens is 1. The Balaban J connectivity index is 2.25. The van der Waals surface area contributed by atoms with Gasteiger partial charge in [-0.15, -0.1) is 11.3 Å². The monoisotopic (exact) mass is 360 g/mol. The Morgan fingerprint density at radius 3 is 2.80 bits per heavy atom. The minimum absolute atomic E-state index is 0.122. The zero-order chi connectivity index (χ0) is 14.9. The van der Waals surface area contributed by atoms with Gasteiger partial charge in [-0.1, -0.05) is 0 Å². The first kappa shape index (κ1) is 15.2. The predicted molar refractivity (Wildman–Crippen MR) is 76.8 cm³/mol. The van der Waals surface area contributed by atoms with Gasteiger partial charge in [-0.25, -0.2) is 13.8 Å². The minimum Gasteiger partial charge on any atom is -0.322 e. The van der Waals surface area contributed by atoms with Crippen LogP contribution in [0.15, 0.2) is 22.0 Å². The molecular formula is C13H11BrF2N2OS. The molecule has 0 aliphatic rings. The quantitative estimate of drug-likeness (QED) is 0.668. The Morgan fingerprint density at radius 2 is 2.20 bits per heavy atom. The molecule has 0 spiro atoms. The molecule has 1 atom stereocenters. The standard InChI is InChI=1S/C13H11BrF2N2OS/c1-6(17)13-18-10(5-20-13)11(19)4-7-9(15)3-2-8(14)12(7)16/h2-3,5-6H,4,17H2,1H3. The molecule has 7 heteroatoms. The third kappa shape index (κ3) is 3.11. The predicted octanol–water partition coefficient (Wildman–Crippen LogP) is 3.63. The third-order valence-electron chi connectivity index (χ3n) is 2.67. The Bertz CT molecular complexity index is 658. The van der Waals surface area contributed by atoms with E-state index < -0.39 is 17.4 Å². The minimum atomic E-state index is -0.763. The van der Waals surface area contributed by atoms with E-state index in [1.165, 1.54) is 17.4 Å². The molecule has 1 heterocycles. The van der Waals surface area contributed by atoms with Gasteiger partial charge in [0.25, 0.3) is 0 Å². The summed E-state index contributed by atoms with van der Waals surface area (Å²) in [5.74, 6) is -1.95. The van der Waals surface area contributed by atoms with Crippen LogP contribution < -0.4 is 5.73 Å². The van der Waals surface area contributed by atoms with Gasteiger partial charge in [-0.3, -0.25) is 4.79 Å². The lowest BCUT2D eigenvalue weighted by molar-refractivity contribution is 0.0986. The van der Waals surface area contributed by atoms with E-state index in [0.717, 1.165) is 6.07 Å². The first-order valence-corrected chi connectivity index (χ1v) is 7.44. The zero-order valence-electron chi connectivity index (χ0n) is 10.5. The number of Topliss-reactive ketones (excluding diaryl/α,β-unsaturated/α-hetero) is 1. The number of rotatable bonds is 4. The second-order valence-electron chi connectivity index (χ2n) is 4.28. The zero-order valence-corrected chi connectivity index (χ0v) is 12.9. The molecule has 1 unspecified atom stereocenters. The lowest BCUT2D eigenvalue weighted by Crippen LogP contribution is -2.10. The average Bonchev–Trinajstić information content (AvgIpc) is 2.89. The summed E-state index contributed by atoms with van der Waals surface area (Å²) in [5, 5.41) is 2.16. The fraction of sp³-hybridized carbons (Fsp3) is 0.231. The van der Waals surface area contributed by atoms with Gasteiger partial charge in [0.05, 0.1) is 10.5 Å². The van der Waals surface area contributed by atoms with Gasteiger partial charge in [-0.05, 0) is 35.0 Å². The van der Waals surface area contributed by atoms with Crippen molar-refractivity contribution in [1.29, 1.82) is 0 Å². The van der Waals surface area contributed by atoms with E-state index >= 15 is 0 Å². The molecule has 2 rings (SSSR count). The number of carbonyl (C=O) groups excluding carboxylic acids is 1. The molecule has 0 bridgehead atoms. The van der Waals surface area contributed by atoms with E-state index in [0.29, 0.717) is 5.01 Å². The van der Waals surface area contributed by atoms with Crippen molar-refractivity contribution in [3.05, 3.63) is 49.9 Å². The smallest absolute Gasteiger partial charge is 0.186 e. The van der Waals surface area contributed by atoms with Crippen LogP contribution in [0.2, 0.25) is 0 Å². The lowest BCUT2D eigenvalue weighted by atomic mass is 10.1. The average molecular weight is 361 g/mol. The molecule has 2 N–H and O–H groups in total. The van der Waals surface area contributed by atoms with Crippen LogP contribution in [0.5, 0.6) is 0 Å². The second kappa shape index (κ2) is 6.07. The summed E-state index contributed by atoms with van der Waals surface area (Å²) in [7, 11) is 0. The molecular weight excluding hydrogens is 350 g/mol. The van der Waals surface area contributed by atoms with E-state index in [9.17, 15) is 13.6 Å². The van der Waals surface area contributed by atoms with Crippen LogP contribution >= 0.6 is 27.3 Å². The lowest BCUT2D eigenvalue weighted by Gasteiger charge is -2.05. The summed E-state index contributed by atoms with van der Waals surface area (Å²) in [4.78, 5) is 16.1. The Hall–Kier alpha value is -1.18. The Labute approximate surface area is 127 Å². The van der Waals surface area contributed by atoms with Gasteiger partial charge in [0, 0.05) is 17.4 Å². The summed E-state index contributed by atoms with van der Waals surface area (Å²) in [5.41, 5.74) is 5.58. The van der Waals surface area contributed by atoms with Crippen LogP contribution in [0.1, 0.15) is 34.0 Å². The number of halogens is 3. The number of nitrogens with two attached hydrogens (primary N) is 1. The van der Waals surface area contributed by atoms with Gasteiger partial charge < -0.3 is 5.73 Å². The highest BCUT2D eigenvalue weighted by Gasteiger charge is 2.19. The fourth-order valence-corrected chi connectivity index (χ4v) is 2.76. The van der Waals surface area contributed by atoms with Crippen molar-refractivity contribution < 1.29 is 13.6 Å². The van der Waals surface area contributed by atoms with Crippen molar-refractivity contribution >= 4 is 33.0 Å². The topological polar surface area (TPSA) is 56.0 Å². The molecule has 0 saturated carbocycles. The van der Waals surface area contributed by atoms with Crippen LogP contribution in [-0.4, -0.2) is 10.8 Å². The van der Waals surface area contributed by atoms with Gasteiger partial charge in [-0.2, -0.15) is 0 Å². The largest absolute Gasteiger partial charge is 0.322 e. The van der Waals surface area contributed by atoms with Crippen molar-refractivity contribution in [1.82, 2.24) is 4.98 Å². The number of nitrogens with zero attached hydrogens (tertiary/aromatic N) is 1. The molecule has 0 radical (unpaired) electrons. The summed E-state index contributed by atoms with van der Waals surface area (Å²) >= 11 is 4.22. The normalized spacial score (nSPS) is 12.4. The van der Waals surface area contributed by atoms with Crippen LogP contribution in [0.25, 0.3) is 0 Å². The van der Waals surface area contributed by atoms with E-state index in [1.54, 1.807) is 12.3 Å². The third-order valence-corrected chi connectivity index (χ3v) is 4.33. The number of carbonyl (C=O) groups is 1. The number of ketones is 1. The first-order valence-electron chi connectivity index (χ1n) is 5.76. The van der Waals surface area contributed by atoms with Crippen LogP contribution in [0.4, 0.5) is 8.78 Å².